The van der Waals surface area contributed by atoms with E-state index in [-0.39, 0.29) is 9.92 Å². The first-order valence-electron chi connectivity index (χ1n) is 7.96. The molecule has 2 aromatic rings. The second kappa shape index (κ2) is 7.21. The molecule has 0 N–H and O–H groups in total. The van der Waals surface area contributed by atoms with Gasteiger partial charge in [0.1, 0.15) is 5.82 Å². The maximum atomic E-state index is 13.2. The molecule has 0 aliphatic carbocycles. The van der Waals surface area contributed by atoms with E-state index in [9.17, 15) is 12.8 Å². The Hall–Kier alpha value is -1.43. The molecule has 0 bridgehead atoms. The first-order chi connectivity index (χ1) is 11.5. The van der Waals surface area contributed by atoms with Crippen LogP contribution in [0.25, 0.3) is 0 Å². The van der Waals surface area contributed by atoms with Crippen LogP contribution in [0.1, 0.15) is 18.4 Å². The fourth-order valence-corrected chi connectivity index (χ4v) is 4.83. The predicted octanol–water partition coefficient (Wildman–Crippen LogP) is 4.12. The predicted molar refractivity (Wildman–Crippen MR) is 93.0 cm³/mol. The molecule has 0 spiro atoms. The second-order valence-electron chi connectivity index (χ2n) is 6.11. The van der Waals surface area contributed by atoms with E-state index >= 15 is 0 Å². The van der Waals surface area contributed by atoms with E-state index < -0.39 is 15.8 Å². The minimum Gasteiger partial charge on any atom is -0.207 e. The first-order valence-corrected chi connectivity index (χ1v) is 9.78. The van der Waals surface area contributed by atoms with Gasteiger partial charge in [0, 0.05) is 13.1 Å². The van der Waals surface area contributed by atoms with Gasteiger partial charge in [0.2, 0.25) is 10.0 Å². The molecule has 0 saturated carbocycles. The van der Waals surface area contributed by atoms with E-state index in [2.05, 4.69) is 12.1 Å². The molecule has 1 heterocycles. The van der Waals surface area contributed by atoms with Crippen LogP contribution in [0.15, 0.2) is 53.4 Å². The Morgan fingerprint density at radius 1 is 1.08 bits per heavy atom. The molecule has 0 amide bonds. The van der Waals surface area contributed by atoms with E-state index in [4.69, 9.17) is 11.6 Å². The van der Waals surface area contributed by atoms with E-state index in [0.29, 0.717) is 19.0 Å². The molecule has 0 atom stereocenters. The van der Waals surface area contributed by atoms with Crippen LogP contribution in [0.3, 0.4) is 0 Å². The van der Waals surface area contributed by atoms with E-state index in [1.54, 1.807) is 0 Å². The molecule has 1 aliphatic heterocycles. The van der Waals surface area contributed by atoms with E-state index in [0.717, 1.165) is 25.3 Å². The van der Waals surface area contributed by atoms with Gasteiger partial charge in [0.05, 0.1) is 9.92 Å². The first kappa shape index (κ1) is 17.4. The summed E-state index contributed by atoms with van der Waals surface area (Å²) in [5.41, 5.74) is 1.28. The topological polar surface area (TPSA) is 37.4 Å². The molecule has 6 heteroatoms. The third-order valence-electron chi connectivity index (χ3n) is 4.47. The smallest absolute Gasteiger partial charge is 0.207 e. The number of rotatable bonds is 4. The Balaban J connectivity index is 1.66. The van der Waals surface area contributed by atoms with Crippen molar-refractivity contribution in [3.63, 3.8) is 0 Å². The highest BCUT2D eigenvalue weighted by molar-refractivity contribution is 7.89. The molecule has 0 aromatic heterocycles. The van der Waals surface area contributed by atoms with Gasteiger partial charge < -0.3 is 0 Å². The molecule has 24 heavy (non-hydrogen) atoms. The zero-order valence-corrected chi connectivity index (χ0v) is 14.7. The molecular weight excluding hydrogens is 349 g/mol. The molecule has 0 unspecified atom stereocenters. The quantitative estimate of drug-likeness (QED) is 0.815. The fourth-order valence-electron chi connectivity index (χ4n) is 3.09. The van der Waals surface area contributed by atoms with E-state index in [1.165, 1.54) is 22.0 Å². The van der Waals surface area contributed by atoms with Gasteiger partial charge in [-0.05, 0) is 48.9 Å². The molecule has 1 aliphatic rings. The number of halogens is 2. The SMILES string of the molecule is O=S(=O)(c1ccc(F)c(Cl)c1)N1CCC(Cc2ccccc2)CC1. The summed E-state index contributed by atoms with van der Waals surface area (Å²) in [6.45, 7) is 0.962. The maximum absolute atomic E-state index is 13.2. The summed E-state index contributed by atoms with van der Waals surface area (Å²) >= 11 is 5.71. The van der Waals surface area contributed by atoms with Gasteiger partial charge in [0.15, 0.2) is 0 Å². The second-order valence-corrected chi connectivity index (χ2v) is 8.46. The highest BCUT2D eigenvalue weighted by Gasteiger charge is 2.29. The van der Waals surface area contributed by atoms with Crippen LogP contribution >= 0.6 is 11.6 Å². The van der Waals surface area contributed by atoms with Crippen molar-refractivity contribution in [1.82, 2.24) is 4.31 Å². The Kier molecular flexibility index (Phi) is 5.23. The lowest BCUT2D eigenvalue weighted by Crippen LogP contribution is -2.38. The van der Waals surface area contributed by atoms with Gasteiger partial charge in [-0.3, -0.25) is 0 Å². The van der Waals surface area contributed by atoms with Crippen LogP contribution in [0.2, 0.25) is 5.02 Å². The summed E-state index contributed by atoms with van der Waals surface area (Å²) in [6, 6.07) is 13.8. The fraction of sp³-hybridized carbons (Fsp3) is 0.333. The van der Waals surface area contributed by atoms with Crippen LogP contribution < -0.4 is 0 Å². The van der Waals surface area contributed by atoms with Gasteiger partial charge in [-0.1, -0.05) is 41.9 Å². The highest BCUT2D eigenvalue weighted by Crippen LogP contribution is 2.27. The lowest BCUT2D eigenvalue weighted by atomic mass is 9.91. The summed E-state index contributed by atoms with van der Waals surface area (Å²) in [7, 11) is -3.62. The number of piperidine rings is 1. The number of benzene rings is 2. The molecular formula is C18H19ClFNO2S. The van der Waals surface area contributed by atoms with Crippen molar-refractivity contribution in [1.29, 1.82) is 0 Å². The Morgan fingerprint density at radius 2 is 1.75 bits per heavy atom. The molecule has 1 fully saturated rings. The Morgan fingerprint density at radius 3 is 2.38 bits per heavy atom. The Labute approximate surface area is 147 Å². The maximum Gasteiger partial charge on any atom is 0.243 e. The van der Waals surface area contributed by atoms with Gasteiger partial charge in [-0.2, -0.15) is 4.31 Å². The molecule has 3 nitrogen and oxygen atoms in total. The number of nitrogens with zero attached hydrogens (tertiary/aromatic N) is 1. The minimum absolute atomic E-state index is 0.0513. The normalized spacial score (nSPS) is 17.1. The van der Waals surface area contributed by atoms with Gasteiger partial charge in [-0.25, -0.2) is 12.8 Å². The summed E-state index contributed by atoms with van der Waals surface area (Å²) in [5, 5.41) is -0.171. The van der Waals surface area contributed by atoms with Crippen molar-refractivity contribution >= 4 is 21.6 Å². The van der Waals surface area contributed by atoms with Crippen LogP contribution in [-0.4, -0.2) is 25.8 Å². The van der Waals surface area contributed by atoms with Crippen molar-refractivity contribution in [2.75, 3.05) is 13.1 Å². The molecule has 2 aromatic carbocycles. The van der Waals surface area contributed by atoms with Crippen molar-refractivity contribution in [2.24, 2.45) is 5.92 Å². The zero-order valence-electron chi connectivity index (χ0n) is 13.2. The number of hydrogen-bond acceptors (Lipinski definition) is 2. The van der Waals surface area contributed by atoms with Gasteiger partial charge >= 0.3 is 0 Å². The van der Waals surface area contributed by atoms with Crippen molar-refractivity contribution in [3.8, 4) is 0 Å². The van der Waals surface area contributed by atoms with Gasteiger partial charge in [0.25, 0.3) is 0 Å². The highest BCUT2D eigenvalue weighted by atomic mass is 35.5. The third-order valence-corrected chi connectivity index (χ3v) is 6.65. The van der Waals surface area contributed by atoms with Crippen molar-refractivity contribution < 1.29 is 12.8 Å². The lowest BCUT2D eigenvalue weighted by molar-refractivity contribution is 0.273. The summed E-state index contributed by atoms with van der Waals surface area (Å²) < 4.78 is 40.0. The van der Waals surface area contributed by atoms with Crippen molar-refractivity contribution in [2.45, 2.75) is 24.2 Å². The van der Waals surface area contributed by atoms with Gasteiger partial charge in [-0.15, -0.1) is 0 Å². The largest absolute Gasteiger partial charge is 0.243 e. The average molecular weight is 368 g/mol. The van der Waals surface area contributed by atoms with E-state index in [1.807, 2.05) is 18.2 Å². The molecule has 1 saturated heterocycles. The zero-order chi connectivity index (χ0) is 17.2. The summed E-state index contributed by atoms with van der Waals surface area (Å²) in [6.07, 6.45) is 2.61. The monoisotopic (exact) mass is 367 g/mol. The minimum atomic E-state index is -3.62. The Bertz CT molecular complexity index is 803. The average Bonchev–Trinajstić information content (AvgIpc) is 2.58. The van der Waals surface area contributed by atoms with Crippen LogP contribution in [0.5, 0.6) is 0 Å². The van der Waals surface area contributed by atoms with Crippen LogP contribution in [0, 0.1) is 11.7 Å². The molecule has 3 rings (SSSR count). The van der Waals surface area contributed by atoms with Crippen LogP contribution in [0.4, 0.5) is 4.39 Å². The standard InChI is InChI=1S/C18H19ClFNO2S/c19-17-13-16(6-7-18(17)20)24(22,23)21-10-8-15(9-11-21)12-14-4-2-1-3-5-14/h1-7,13,15H,8-12H2. The summed E-state index contributed by atoms with van der Waals surface area (Å²) in [5.74, 6) is -0.132. The number of hydrogen-bond donors (Lipinski definition) is 0. The van der Waals surface area contributed by atoms with Crippen LogP contribution in [-0.2, 0) is 16.4 Å². The molecule has 0 radical (unpaired) electrons. The third kappa shape index (κ3) is 3.79. The molecule has 128 valence electrons. The lowest BCUT2D eigenvalue weighted by Gasteiger charge is -2.31. The number of sulfonamides is 1. The summed E-state index contributed by atoms with van der Waals surface area (Å²) in [4.78, 5) is 0.0513. The van der Waals surface area contributed by atoms with Crippen molar-refractivity contribution in [3.05, 3.63) is 64.9 Å².